The molecule has 0 aliphatic carbocycles. The van der Waals surface area contributed by atoms with Crippen LogP contribution in [0, 0.1) is 5.41 Å². The van der Waals surface area contributed by atoms with Crippen molar-refractivity contribution in [2.45, 2.75) is 37.1 Å². The summed E-state index contributed by atoms with van der Waals surface area (Å²) >= 11 is 1.36. The average molecular weight is 226 g/mol. The Hall–Kier alpha value is -0.195. The number of fused-ring (bicyclic) bond motifs is 2. The molecule has 2 rings (SSSR count). The van der Waals surface area contributed by atoms with E-state index in [-0.39, 0.29) is 6.04 Å². The van der Waals surface area contributed by atoms with Crippen molar-refractivity contribution < 1.29 is 9.84 Å². The highest BCUT2D eigenvalue weighted by atomic mass is 32.2. The van der Waals surface area contributed by atoms with Crippen LogP contribution in [0.3, 0.4) is 0 Å². The second-order valence-electron chi connectivity index (χ2n) is 4.07. The second-order valence-corrected chi connectivity index (χ2v) is 4.87. The molecule has 0 spiro atoms. The molecule has 0 aromatic carbocycles. The van der Waals surface area contributed by atoms with E-state index in [1.54, 1.807) is 0 Å². The first-order valence-corrected chi connectivity index (χ1v) is 6.29. The molecule has 0 aromatic heterocycles. The molecule has 2 N–H and O–H groups in total. The normalized spacial score (nSPS) is 43.7. The zero-order chi connectivity index (χ0) is 11.2. The molecule has 2 saturated heterocycles. The maximum Gasteiger partial charge on any atom is 0.156 e. The summed E-state index contributed by atoms with van der Waals surface area (Å²) in [6.07, 6.45) is 1.99. The Bertz CT molecular complexity index is 291. The fourth-order valence-corrected chi connectivity index (χ4v) is 2.92. The summed E-state index contributed by atoms with van der Waals surface area (Å²) in [6.45, 7) is 2.55. The number of rotatable bonds is 1. The number of ether oxygens (including phenoxy) is 1. The Kier molecular flexibility index (Phi) is 2.77. The maximum absolute atomic E-state index is 10.1. The van der Waals surface area contributed by atoms with Gasteiger partial charge in [-0.15, -0.1) is 0 Å². The van der Waals surface area contributed by atoms with Crippen LogP contribution in [0.4, 0.5) is 0 Å². The number of morpholine rings is 1. The molecule has 0 saturated carbocycles. The Balaban J connectivity index is 2.25. The smallest absolute Gasteiger partial charge is 0.156 e. The predicted molar refractivity (Wildman–Crippen MR) is 61.4 cm³/mol. The second kappa shape index (κ2) is 3.68. The van der Waals surface area contributed by atoms with Crippen LogP contribution in [-0.4, -0.2) is 59.6 Å². The monoisotopic (exact) mass is 226 g/mol. The third-order valence-corrected chi connectivity index (χ3v) is 4.04. The van der Waals surface area contributed by atoms with Gasteiger partial charge in [-0.3, -0.25) is 5.41 Å². The van der Waals surface area contributed by atoms with E-state index < -0.39 is 17.7 Å². The minimum Gasteiger partial charge on any atom is -0.388 e. The topological polar surface area (TPSA) is 56.5 Å². The van der Waals surface area contributed by atoms with Gasteiger partial charge >= 0.3 is 0 Å². The molecule has 2 radical (unpaired) electrons. The van der Waals surface area contributed by atoms with Gasteiger partial charge in [0, 0.05) is 6.00 Å². The molecule has 2 aliphatic rings. The molecular formula is C9H15BN2O2S. The highest BCUT2D eigenvalue weighted by molar-refractivity contribution is 8.13. The molecule has 0 amide bonds. The molecule has 2 fully saturated rings. The lowest BCUT2D eigenvalue weighted by molar-refractivity contribution is -0.0732. The molecule has 0 aromatic rings. The molecule has 6 heteroatoms. The van der Waals surface area contributed by atoms with E-state index in [2.05, 4.69) is 0 Å². The first-order valence-electron chi connectivity index (χ1n) is 5.06. The van der Waals surface area contributed by atoms with Crippen LogP contribution in [0.5, 0.6) is 0 Å². The van der Waals surface area contributed by atoms with E-state index in [0.29, 0.717) is 11.7 Å². The number of hydrogen-bond donors (Lipinski definition) is 2. The third kappa shape index (κ3) is 1.42. The van der Waals surface area contributed by atoms with Gasteiger partial charge in [0.2, 0.25) is 0 Å². The minimum absolute atomic E-state index is 0.259. The summed E-state index contributed by atoms with van der Waals surface area (Å²) in [5.41, 5.74) is -0.563. The Labute approximate surface area is 95.3 Å². The van der Waals surface area contributed by atoms with Crippen molar-refractivity contribution in [2.75, 3.05) is 12.8 Å². The highest BCUT2D eigenvalue weighted by Gasteiger charge is 2.61. The van der Waals surface area contributed by atoms with Crippen molar-refractivity contribution in [2.24, 2.45) is 0 Å². The van der Waals surface area contributed by atoms with Crippen LogP contribution >= 0.6 is 11.8 Å². The number of nitrogens with one attached hydrogen (secondary N) is 1. The number of aliphatic hydroxyl groups excluding tert-OH is 1. The largest absolute Gasteiger partial charge is 0.388 e. The van der Waals surface area contributed by atoms with E-state index in [9.17, 15) is 5.11 Å². The van der Waals surface area contributed by atoms with E-state index in [1.807, 2.05) is 18.1 Å². The first-order chi connectivity index (χ1) is 7.05. The van der Waals surface area contributed by atoms with Gasteiger partial charge in [0.15, 0.2) is 5.17 Å². The summed E-state index contributed by atoms with van der Waals surface area (Å²) in [5, 5.41) is 18.4. The molecule has 4 nitrogen and oxygen atoms in total. The first kappa shape index (κ1) is 11.3. The van der Waals surface area contributed by atoms with Crippen LogP contribution in [0.25, 0.3) is 0 Å². The van der Waals surface area contributed by atoms with E-state index in [4.69, 9.17) is 18.0 Å². The van der Waals surface area contributed by atoms with E-state index >= 15 is 0 Å². The lowest BCUT2D eigenvalue weighted by Crippen LogP contribution is -2.49. The molecule has 2 heterocycles. The number of nitrogens with zero attached hydrogens (tertiary/aromatic N) is 1. The average Bonchev–Trinajstić information content (AvgIpc) is 2.65. The van der Waals surface area contributed by atoms with Crippen LogP contribution in [0.15, 0.2) is 0 Å². The zero-order valence-electron chi connectivity index (χ0n) is 8.93. The Morgan fingerprint density at radius 1 is 1.80 bits per heavy atom. The summed E-state index contributed by atoms with van der Waals surface area (Å²) in [6, 6.07) is -0.744. The molecule has 4 atom stereocenters. The fourth-order valence-electron chi connectivity index (χ4n) is 2.50. The van der Waals surface area contributed by atoms with Gasteiger partial charge in [0.25, 0.3) is 0 Å². The van der Waals surface area contributed by atoms with Gasteiger partial charge < -0.3 is 14.7 Å². The molecule has 0 unspecified atom stereocenters. The van der Waals surface area contributed by atoms with Gasteiger partial charge in [-0.25, -0.2) is 0 Å². The minimum atomic E-state index is -0.579. The Morgan fingerprint density at radius 3 is 2.93 bits per heavy atom. The lowest BCUT2D eigenvalue weighted by Gasteiger charge is -2.36. The molecule has 2 bridgehead atoms. The van der Waals surface area contributed by atoms with Gasteiger partial charge in [0.05, 0.1) is 12.6 Å². The number of hydrogen-bond acceptors (Lipinski definition) is 4. The van der Waals surface area contributed by atoms with Crippen molar-refractivity contribution >= 4 is 24.8 Å². The van der Waals surface area contributed by atoms with Crippen LogP contribution in [-0.2, 0) is 4.74 Å². The van der Waals surface area contributed by atoms with Crippen LogP contribution < -0.4 is 0 Å². The van der Waals surface area contributed by atoms with Crippen molar-refractivity contribution in [1.82, 2.24) is 4.90 Å². The molecule has 82 valence electrons. The maximum atomic E-state index is 10.1. The van der Waals surface area contributed by atoms with E-state index in [0.717, 1.165) is 6.42 Å². The number of likely N-dealkylation sites (tertiary alicyclic amines) is 1. The van der Waals surface area contributed by atoms with Crippen LogP contribution in [0.1, 0.15) is 13.3 Å². The van der Waals surface area contributed by atoms with Gasteiger partial charge in [0.1, 0.15) is 19.6 Å². The molecule has 2 aliphatic heterocycles. The number of aliphatic hydroxyl groups is 1. The quantitative estimate of drug-likeness (QED) is 0.375. The SMILES string of the molecule is [B][C@@H]1O[C@@]2(CC)CN(C(=N)SC)[C@@H]1[C@@H]2O. The fraction of sp³-hybridized carbons (Fsp3) is 0.889. The lowest BCUT2D eigenvalue weighted by atomic mass is 9.90. The van der Waals surface area contributed by atoms with Crippen molar-refractivity contribution in [3.63, 3.8) is 0 Å². The van der Waals surface area contributed by atoms with Crippen molar-refractivity contribution in [3.8, 4) is 0 Å². The number of thioether (sulfide) groups is 1. The summed E-state index contributed by atoms with van der Waals surface area (Å²) in [7, 11) is 5.82. The van der Waals surface area contributed by atoms with Crippen LogP contribution in [0.2, 0.25) is 0 Å². The summed E-state index contributed by atoms with van der Waals surface area (Å²) in [4.78, 5) is 1.85. The van der Waals surface area contributed by atoms with E-state index in [1.165, 1.54) is 11.8 Å². The third-order valence-electron chi connectivity index (χ3n) is 3.42. The summed E-state index contributed by atoms with van der Waals surface area (Å²) < 4.78 is 5.61. The Morgan fingerprint density at radius 2 is 2.47 bits per heavy atom. The highest BCUT2D eigenvalue weighted by Crippen LogP contribution is 2.43. The van der Waals surface area contributed by atoms with Crippen molar-refractivity contribution in [1.29, 1.82) is 5.41 Å². The molecule has 15 heavy (non-hydrogen) atoms. The van der Waals surface area contributed by atoms with Gasteiger partial charge in [-0.1, -0.05) is 18.7 Å². The van der Waals surface area contributed by atoms with Gasteiger partial charge in [-0.05, 0) is 12.7 Å². The standard InChI is InChI=1S/C9H15BN2O2S/c1-3-9-4-12(8(11)15-2)5(6(9)13)7(10)14-9/h5-7,11,13H,3-4H2,1-2H3/t5-,6+,7-,9+/m1/s1. The van der Waals surface area contributed by atoms with Crippen molar-refractivity contribution in [3.05, 3.63) is 0 Å². The number of amidine groups is 1. The predicted octanol–water partition coefficient (Wildman–Crippen LogP) is 0.00287. The zero-order valence-corrected chi connectivity index (χ0v) is 9.75. The summed E-state index contributed by atoms with van der Waals surface area (Å²) in [5.74, 6) is 0. The van der Waals surface area contributed by atoms with Gasteiger partial charge in [-0.2, -0.15) is 0 Å². The molecular weight excluding hydrogens is 211 g/mol.